The number of furan rings is 1. The van der Waals surface area contributed by atoms with Gasteiger partial charge in [0.2, 0.25) is 5.91 Å². The fourth-order valence-corrected chi connectivity index (χ4v) is 4.56. The smallest absolute Gasteiger partial charge is 0.236 e. The molecule has 1 saturated carbocycles. The van der Waals surface area contributed by atoms with Gasteiger partial charge in [-0.25, -0.2) is 0 Å². The first-order chi connectivity index (χ1) is 15.6. The monoisotopic (exact) mass is 450 g/mol. The molecule has 0 atom stereocenters. The van der Waals surface area contributed by atoms with E-state index in [0.717, 1.165) is 36.8 Å². The number of nitrogens with one attached hydrogen (secondary N) is 2. The molecule has 1 fully saturated rings. The van der Waals surface area contributed by atoms with Crippen LogP contribution >= 0.6 is 12.2 Å². The second kappa shape index (κ2) is 9.54. The zero-order valence-corrected chi connectivity index (χ0v) is 18.7. The molecule has 1 amide bonds. The third-order valence-corrected chi connectivity index (χ3v) is 6.19. The molecule has 0 spiro atoms. The molecule has 1 aromatic heterocycles. The van der Waals surface area contributed by atoms with Crippen LogP contribution in [0.1, 0.15) is 37.0 Å². The number of methoxy groups -OCH3 is 1. The van der Waals surface area contributed by atoms with Gasteiger partial charge in [-0.1, -0.05) is 43.2 Å². The summed E-state index contributed by atoms with van der Waals surface area (Å²) < 4.78 is 11.1. The summed E-state index contributed by atoms with van der Waals surface area (Å²) in [6.45, 7) is -0.166. The molecule has 2 aromatic carbocycles. The normalized spacial score (nSPS) is 14.7. The van der Waals surface area contributed by atoms with Crippen molar-refractivity contribution >= 4 is 28.9 Å². The molecule has 1 aliphatic carbocycles. The van der Waals surface area contributed by atoms with Gasteiger partial charge < -0.3 is 24.9 Å². The summed E-state index contributed by atoms with van der Waals surface area (Å²) in [6.07, 6.45) is 3.66. The lowest BCUT2D eigenvalue weighted by molar-refractivity contribution is -0.125. The highest BCUT2D eigenvalue weighted by Gasteiger charge is 2.42. The van der Waals surface area contributed by atoms with E-state index in [9.17, 15) is 9.90 Å². The standard InChI is InChI=1S/C25H26N2O4S/c1-30-22-15-18(9-11-20(22)21-12-10-19(16-28)31-21)26-24(32)27-23(29)25(13-5-6-14-25)17-7-3-2-4-8-17/h2-4,7-12,15,28H,5-6,13-14,16H2,1H3,(H2,26,27,29,32). The third kappa shape index (κ3) is 4.40. The zero-order valence-electron chi connectivity index (χ0n) is 17.9. The van der Waals surface area contributed by atoms with Gasteiger partial charge in [0, 0.05) is 11.8 Å². The number of rotatable bonds is 6. The lowest BCUT2D eigenvalue weighted by Gasteiger charge is -2.28. The zero-order chi connectivity index (χ0) is 22.6. The Labute approximate surface area is 192 Å². The van der Waals surface area contributed by atoms with Crippen LogP contribution in [0, 0.1) is 0 Å². The summed E-state index contributed by atoms with van der Waals surface area (Å²) in [4.78, 5) is 13.3. The minimum atomic E-state index is -0.543. The van der Waals surface area contributed by atoms with Gasteiger partial charge in [0.05, 0.1) is 18.1 Å². The Kier molecular flexibility index (Phi) is 6.58. The molecule has 0 unspecified atom stereocenters. The molecule has 32 heavy (non-hydrogen) atoms. The number of thiocarbonyl (C=S) groups is 1. The second-order valence-corrected chi connectivity index (χ2v) is 8.31. The van der Waals surface area contributed by atoms with E-state index in [2.05, 4.69) is 10.6 Å². The van der Waals surface area contributed by atoms with Crippen LogP contribution in [0.15, 0.2) is 65.1 Å². The first-order valence-corrected chi connectivity index (χ1v) is 11.0. The predicted octanol–water partition coefficient (Wildman–Crippen LogP) is 4.77. The molecule has 1 aliphatic rings. The molecule has 0 saturated heterocycles. The van der Waals surface area contributed by atoms with Gasteiger partial charge >= 0.3 is 0 Å². The van der Waals surface area contributed by atoms with Gasteiger partial charge in [-0.3, -0.25) is 4.79 Å². The maximum atomic E-state index is 13.3. The Bertz CT molecular complexity index is 1100. The van der Waals surface area contributed by atoms with E-state index < -0.39 is 5.41 Å². The van der Waals surface area contributed by atoms with Gasteiger partial charge in [0.25, 0.3) is 0 Å². The van der Waals surface area contributed by atoms with Crippen LogP contribution in [0.4, 0.5) is 5.69 Å². The summed E-state index contributed by atoms with van der Waals surface area (Å²) >= 11 is 5.44. The molecule has 3 N–H and O–H groups in total. The van der Waals surface area contributed by atoms with Gasteiger partial charge in [-0.05, 0) is 54.9 Å². The summed E-state index contributed by atoms with van der Waals surface area (Å²) in [5.74, 6) is 1.58. The van der Waals surface area contributed by atoms with Crippen molar-refractivity contribution in [2.24, 2.45) is 0 Å². The molecule has 4 rings (SSSR count). The average Bonchev–Trinajstić information content (AvgIpc) is 3.50. The average molecular weight is 451 g/mol. The number of benzene rings is 2. The number of anilines is 1. The molecule has 0 bridgehead atoms. The first-order valence-electron chi connectivity index (χ1n) is 10.6. The van der Waals surface area contributed by atoms with Crippen LogP contribution in [0.25, 0.3) is 11.3 Å². The Hall–Kier alpha value is -3.16. The quantitative estimate of drug-likeness (QED) is 0.469. The summed E-state index contributed by atoms with van der Waals surface area (Å²) in [5.41, 5.74) is 1.93. The topological polar surface area (TPSA) is 83.7 Å². The van der Waals surface area contributed by atoms with Crippen molar-refractivity contribution in [1.29, 1.82) is 0 Å². The van der Waals surface area contributed by atoms with Crippen LogP contribution in [0.5, 0.6) is 5.75 Å². The number of aliphatic hydroxyl groups excluding tert-OH is 1. The minimum Gasteiger partial charge on any atom is -0.496 e. The molecular weight excluding hydrogens is 424 g/mol. The summed E-state index contributed by atoms with van der Waals surface area (Å²) in [6, 6.07) is 18.9. The molecule has 3 aromatic rings. The predicted molar refractivity (Wildman–Crippen MR) is 128 cm³/mol. The van der Waals surface area contributed by atoms with E-state index >= 15 is 0 Å². The van der Waals surface area contributed by atoms with Crippen LogP contribution in [0.2, 0.25) is 0 Å². The van der Waals surface area contributed by atoms with Crippen LogP contribution < -0.4 is 15.4 Å². The molecule has 166 valence electrons. The Morgan fingerprint density at radius 2 is 1.88 bits per heavy atom. The van der Waals surface area contributed by atoms with E-state index in [-0.39, 0.29) is 17.6 Å². The van der Waals surface area contributed by atoms with Crippen molar-refractivity contribution in [3.05, 3.63) is 72.0 Å². The van der Waals surface area contributed by atoms with E-state index in [4.69, 9.17) is 21.4 Å². The fourth-order valence-electron chi connectivity index (χ4n) is 4.35. The first kappa shape index (κ1) is 22.0. The largest absolute Gasteiger partial charge is 0.496 e. The van der Waals surface area contributed by atoms with Gasteiger partial charge in [0.15, 0.2) is 5.11 Å². The molecule has 0 radical (unpaired) electrons. The highest BCUT2D eigenvalue weighted by molar-refractivity contribution is 7.80. The molecule has 7 heteroatoms. The number of hydrogen-bond acceptors (Lipinski definition) is 5. The van der Waals surface area contributed by atoms with Crippen molar-refractivity contribution in [3.8, 4) is 17.1 Å². The van der Waals surface area contributed by atoms with Crippen molar-refractivity contribution in [2.75, 3.05) is 12.4 Å². The lowest BCUT2D eigenvalue weighted by Crippen LogP contribution is -2.46. The number of ether oxygens (including phenoxy) is 1. The van der Waals surface area contributed by atoms with Crippen molar-refractivity contribution in [1.82, 2.24) is 5.32 Å². The van der Waals surface area contributed by atoms with E-state index in [1.807, 2.05) is 42.5 Å². The second-order valence-electron chi connectivity index (χ2n) is 7.90. The van der Waals surface area contributed by atoms with Gasteiger partial charge in [-0.15, -0.1) is 0 Å². The Morgan fingerprint density at radius 1 is 1.12 bits per heavy atom. The highest BCUT2D eigenvalue weighted by atomic mass is 32.1. The maximum Gasteiger partial charge on any atom is 0.236 e. The number of hydrogen-bond donors (Lipinski definition) is 3. The minimum absolute atomic E-state index is 0.0746. The van der Waals surface area contributed by atoms with Crippen LogP contribution in [-0.4, -0.2) is 23.2 Å². The molecule has 6 nitrogen and oxygen atoms in total. The fraction of sp³-hybridized carbons (Fsp3) is 0.280. The molecular formula is C25H26N2O4S. The van der Waals surface area contributed by atoms with Gasteiger partial charge in [-0.2, -0.15) is 0 Å². The highest BCUT2D eigenvalue weighted by Crippen LogP contribution is 2.41. The van der Waals surface area contributed by atoms with E-state index in [1.54, 1.807) is 25.3 Å². The number of aliphatic hydroxyl groups is 1. The summed E-state index contributed by atoms with van der Waals surface area (Å²) in [5, 5.41) is 15.5. The molecule has 1 heterocycles. The van der Waals surface area contributed by atoms with Gasteiger partial charge in [0.1, 0.15) is 23.9 Å². The molecule has 0 aliphatic heterocycles. The van der Waals surface area contributed by atoms with Crippen molar-refractivity contribution in [3.63, 3.8) is 0 Å². The van der Waals surface area contributed by atoms with Crippen LogP contribution in [0.3, 0.4) is 0 Å². The summed E-state index contributed by atoms with van der Waals surface area (Å²) in [7, 11) is 1.57. The Morgan fingerprint density at radius 3 is 2.53 bits per heavy atom. The van der Waals surface area contributed by atoms with E-state index in [0.29, 0.717) is 23.0 Å². The number of carbonyl (C=O) groups is 1. The maximum absolute atomic E-state index is 13.3. The van der Waals surface area contributed by atoms with Crippen molar-refractivity contribution < 1.29 is 19.1 Å². The van der Waals surface area contributed by atoms with Crippen molar-refractivity contribution in [2.45, 2.75) is 37.7 Å². The SMILES string of the molecule is COc1cc(NC(=S)NC(=O)C2(c3ccccc3)CCCC2)ccc1-c1ccc(CO)o1. The van der Waals surface area contributed by atoms with E-state index in [1.165, 1.54) is 0 Å². The van der Waals surface area contributed by atoms with Crippen LogP contribution in [-0.2, 0) is 16.8 Å². The number of carbonyl (C=O) groups excluding carboxylic acids is 1. The third-order valence-electron chi connectivity index (χ3n) is 5.99. The Balaban J connectivity index is 1.48. The number of amides is 1. The lowest BCUT2D eigenvalue weighted by atomic mass is 9.78.